The molecule has 7 nitrogen and oxygen atoms in total. The highest BCUT2D eigenvalue weighted by Crippen LogP contribution is 2.29. The molecule has 4 rings (SSSR count). The zero-order valence-electron chi connectivity index (χ0n) is 19.2. The molecule has 2 amide bonds. The van der Waals surface area contributed by atoms with Gasteiger partial charge in [-0.15, -0.1) is 0 Å². The number of benzene rings is 1. The van der Waals surface area contributed by atoms with Crippen molar-refractivity contribution in [3.05, 3.63) is 40.0 Å². The summed E-state index contributed by atoms with van der Waals surface area (Å²) in [5.41, 5.74) is 4.12. The first-order valence-corrected chi connectivity index (χ1v) is 11.9. The van der Waals surface area contributed by atoms with Crippen LogP contribution in [0.5, 0.6) is 0 Å². The van der Waals surface area contributed by atoms with Crippen LogP contribution in [0.1, 0.15) is 55.3 Å². The molecule has 172 valence electrons. The molecule has 32 heavy (non-hydrogen) atoms. The molecule has 0 saturated heterocycles. The third-order valence-electron chi connectivity index (χ3n) is 6.50. The van der Waals surface area contributed by atoms with Crippen molar-refractivity contribution in [3.63, 3.8) is 0 Å². The van der Waals surface area contributed by atoms with Gasteiger partial charge in [-0.2, -0.15) is 4.98 Å². The van der Waals surface area contributed by atoms with E-state index < -0.39 is 0 Å². The number of amides is 2. The van der Waals surface area contributed by atoms with Gasteiger partial charge in [0, 0.05) is 42.5 Å². The minimum Gasteiger partial charge on any atom is -0.362 e. The van der Waals surface area contributed by atoms with E-state index in [9.17, 15) is 4.79 Å². The lowest BCUT2D eigenvalue weighted by Gasteiger charge is -2.30. The number of rotatable bonds is 5. The zero-order chi connectivity index (χ0) is 22.7. The van der Waals surface area contributed by atoms with Crippen molar-refractivity contribution in [1.82, 2.24) is 15.3 Å². The van der Waals surface area contributed by atoms with Gasteiger partial charge in [-0.3, -0.25) is 0 Å². The van der Waals surface area contributed by atoms with Crippen LogP contribution in [0, 0.1) is 6.92 Å². The third kappa shape index (κ3) is 5.26. The fourth-order valence-corrected chi connectivity index (χ4v) is 4.83. The smallest absolute Gasteiger partial charge is 0.319 e. The standard InChI is InChI=1S/C24H33ClN6O/c1-15-19(25)8-6-10-20(15)29-24(32)27-17-13-11-16(12-14-17)26-23-28-21-9-5-4-7-18(21)22(30-23)31(2)3/h6,8,10,16-17H,4-5,7,9,11-14H2,1-3H3,(H,26,28,30)(H2,27,29,32). The summed E-state index contributed by atoms with van der Waals surface area (Å²) < 4.78 is 0. The molecule has 3 N–H and O–H groups in total. The second-order valence-electron chi connectivity index (χ2n) is 9.10. The number of nitrogens with zero attached hydrogens (tertiary/aromatic N) is 3. The molecular weight excluding hydrogens is 424 g/mol. The Hall–Kier alpha value is -2.54. The molecule has 0 radical (unpaired) electrons. The van der Waals surface area contributed by atoms with Crippen molar-refractivity contribution in [3.8, 4) is 0 Å². The molecule has 2 aliphatic carbocycles. The first kappa shape index (κ1) is 22.6. The summed E-state index contributed by atoms with van der Waals surface area (Å²) in [7, 11) is 4.10. The minimum absolute atomic E-state index is 0.161. The van der Waals surface area contributed by atoms with E-state index in [1.165, 1.54) is 24.1 Å². The molecule has 8 heteroatoms. The van der Waals surface area contributed by atoms with Crippen molar-refractivity contribution < 1.29 is 4.79 Å². The van der Waals surface area contributed by atoms with E-state index in [0.717, 1.165) is 61.5 Å². The van der Waals surface area contributed by atoms with Gasteiger partial charge in [-0.05, 0) is 76.0 Å². The predicted octanol–water partition coefficient (Wildman–Crippen LogP) is 4.93. The van der Waals surface area contributed by atoms with Crippen molar-refractivity contribution in [2.75, 3.05) is 29.6 Å². The van der Waals surface area contributed by atoms with E-state index in [4.69, 9.17) is 21.6 Å². The van der Waals surface area contributed by atoms with Gasteiger partial charge in [0.25, 0.3) is 0 Å². The van der Waals surface area contributed by atoms with Crippen molar-refractivity contribution in [2.24, 2.45) is 0 Å². The number of aromatic nitrogens is 2. The number of fused-ring (bicyclic) bond motifs is 1. The molecule has 2 aliphatic rings. The number of anilines is 3. The Morgan fingerprint density at radius 2 is 1.78 bits per heavy atom. The SMILES string of the molecule is Cc1c(Cl)cccc1NC(=O)NC1CCC(Nc2nc3c(c(N(C)C)n2)CCCC3)CC1. The van der Waals surface area contributed by atoms with Crippen LogP contribution in [-0.4, -0.2) is 42.2 Å². The Labute approximate surface area is 195 Å². The van der Waals surface area contributed by atoms with Crippen molar-refractivity contribution in [2.45, 2.75) is 70.4 Å². The highest BCUT2D eigenvalue weighted by molar-refractivity contribution is 6.31. The van der Waals surface area contributed by atoms with Crippen molar-refractivity contribution in [1.29, 1.82) is 0 Å². The van der Waals surface area contributed by atoms with Gasteiger partial charge in [0.1, 0.15) is 5.82 Å². The van der Waals surface area contributed by atoms with E-state index >= 15 is 0 Å². The van der Waals surface area contributed by atoms with Crippen LogP contribution in [-0.2, 0) is 12.8 Å². The molecule has 1 aromatic carbocycles. The summed E-state index contributed by atoms with van der Waals surface area (Å²) in [6, 6.07) is 5.83. The number of carbonyl (C=O) groups excluding carboxylic acids is 1. The van der Waals surface area contributed by atoms with E-state index in [2.05, 4.69) is 20.9 Å². The van der Waals surface area contributed by atoms with E-state index in [1.54, 1.807) is 0 Å². The van der Waals surface area contributed by atoms with Crippen LogP contribution in [0.15, 0.2) is 18.2 Å². The highest BCUT2D eigenvalue weighted by atomic mass is 35.5. The molecule has 1 fully saturated rings. The predicted molar refractivity (Wildman–Crippen MR) is 131 cm³/mol. The molecule has 0 unspecified atom stereocenters. The molecule has 1 heterocycles. The van der Waals surface area contributed by atoms with Crippen LogP contribution in [0.25, 0.3) is 0 Å². The van der Waals surface area contributed by atoms with Gasteiger partial charge in [-0.25, -0.2) is 9.78 Å². The normalized spacial score (nSPS) is 20.2. The fraction of sp³-hybridized carbons (Fsp3) is 0.542. The Kier molecular flexibility index (Phi) is 7.04. The first-order valence-electron chi connectivity index (χ1n) is 11.6. The average Bonchev–Trinajstić information content (AvgIpc) is 2.77. The Balaban J connectivity index is 1.31. The Morgan fingerprint density at radius 1 is 1.06 bits per heavy atom. The van der Waals surface area contributed by atoms with Crippen LogP contribution < -0.4 is 20.9 Å². The molecule has 1 aromatic heterocycles. The number of halogens is 1. The van der Waals surface area contributed by atoms with Gasteiger partial charge in [0.05, 0.1) is 5.69 Å². The van der Waals surface area contributed by atoms with Gasteiger partial charge in [0.15, 0.2) is 0 Å². The van der Waals surface area contributed by atoms with Gasteiger partial charge in [-0.1, -0.05) is 17.7 Å². The number of carbonyl (C=O) groups is 1. The van der Waals surface area contributed by atoms with Gasteiger partial charge in [0.2, 0.25) is 5.95 Å². The molecule has 1 saturated carbocycles. The number of urea groups is 1. The number of hydrogen-bond acceptors (Lipinski definition) is 5. The Bertz CT molecular complexity index is 971. The maximum absolute atomic E-state index is 12.4. The van der Waals surface area contributed by atoms with Crippen molar-refractivity contribution >= 4 is 35.1 Å². The zero-order valence-corrected chi connectivity index (χ0v) is 19.9. The quantitative estimate of drug-likeness (QED) is 0.594. The number of aryl methyl sites for hydroxylation is 1. The monoisotopic (exact) mass is 456 g/mol. The van der Waals surface area contributed by atoms with Gasteiger partial charge < -0.3 is 20.9 Å². The lowest BCUT2D eigenvalue weighted by molar-refractivity contribution is 0.243. The summed E-state index contributed by atoms with van der Waals surface area (Å²) in [5.74, 6) is 1.78. The number of hydrogen-bond donors (Lipinski definition) is 3. The van der Waals surface area contributed by atoms with Gasteiger partial charge >= 0.3 is 6.03 Å². The van der Waals surface area contributed by atoms with E-state index in [-0.39, 0.29) is 12.1 Å². The second-order valence-corrected chi connectivity index (χ2v) is 9.51. The van der Waals surface area contributed by atoms with E-state index in [1.807, 2.05) is 39.2 Å². The summed E-state index contributed by atoms with van der Waals surface area (Å²) in [6.07, 6.45) is 8.30. The van der Waals surface area contributed by atoms with Crippen LogP contribution in [0.2, 0.25) is 5.02 Å². The summed E-state index contributed by atoms with van der Waals surface area (Å²) in [4.78, 5) is 24.2. The van der Waals surface area contributed by atoms with Crippen LogP contribution in [0.4, 0.5) is 22.2 Å². The molecule has 0 aliphatic heterocycles. The lowest BCUT2D eigenvalue weighted by atomic mass is 9.91. The van der Waals surface area contributed by atoms with Crippen LogP contribution in [0.3, 0.4) is 0 Å². The highest BCUT2D eigenvalue weighted by Gasteiger charge is 2.25. The number of nitrogens with one attached hydrogen (secondary N) is 3. The molecule has 0 atom stereocenters. The second kappa shape index (κ2) is 9.94. The molecular formula is C24H33ClN6O. The summed E-state index contributed by atoms with van der Waals surface area (Å²) in [5, 5.41) is 10.2. The summed E-state index contributed by atoms with van der Waals surface area (Å²) >= 11 is 6.15. The average molecular weight is 457 g/mol. The first-order chi connectivity index (χ1) is 15.4. The molecule has 0 bridgehead atoms. The van der Waals surface area contributed by atoms with E-state index in [0.29, 0.717) is 11.1 Å². The Morgan fingerprint density at radius 3 is 2.53 bits per heavy atom. The topological polar surface area (TPSA) is 82.2 Å². The lowest BCUT2D eigenvalue weighted by Crippen LogP contribution is -2.42. The third-order valence-corrected chi connectivity index (χ3v) is 6.91. The minimum atomic E-state index is -0.180. The maximum atomic E-state index is 12.4. The summed E-state index contributed by atoms with van der Waals surface area (Å²) in [6.45, 7) is 1.90. The fourth-order valence-electron chi connectivity index (χ4n) is 4.66. The molecule has 0 spiro atoms. The maximum Gasteiger partial charge on any atom is 0.319 e. The van der Waals surface area contributed by atoms with Crippen LogP contribution >= 0.6 is 11.6 Å². The largest absolute Gasteiger partial charge is 0.362 e. The molecule has 2 aromatic rings.